The number of rotatable bonds is 9. The summed E-state index contributed by atoms with van der Waals surface area (Å²) in [5, 5.41) is 6.78. The van der Waals surface area contributed by atoms with Crippen LogP contribution in [0.3, 0.4) is 0 Å². The summed E-state index contributed by atoms with van der Waals surface area (Å²) in [4.78, 5) is 25.4. The lowest BCUT2D eigenvalue weighted by atomic mass is 10.2. The molecule has 1 aromatic heterocycles. The molecule has 136 valence electrons. The van der Waals surface area contributed by atoms with E-state index in [1.54, 1.807) is 32.4 Å². The molecule has 0 unspecified atom stereocenters. The van der Waals surface area contributed by atoms with Crippen LogP contribution in [0.25, 0.3) is 0 Å². The largest absolute Gasteiger partial charge is 0.385 e. The van der Waals surface area contributed by atoms with Gasteiger partial charge in [0.1, 0.15) is 5.82 Å². The van der Waals surface area contributed by atoms with Gasteiger partial charge < -0.3 is 9.64 Å². The minimum Gasteiger partial charge on any atom is -0.385 e. The van der Waals surface area contributed by atoms with Crippen molar-refractivity contribution in [1.82, 2.24) is 19.7 Å². The van der Waals surface area contributed by atoms with E-state index in [4.69, 9.17) is 4.74 Å². The van der Waals surface area contributed by atoms with Crippen molar-refractivity contribution >= 4 is 17.7 Å². The molecule has 0 atom stereocenters. The van der Waals surface area contributed by atoms with E-state index in [0.29, 0.717) is 30.3 Å². The third kappa shape index (κ3) is 5.43. The lowest BCUT2D eigenvalue weighted by Gasteiger charge is -2.17. The number of carbonyl (C=O) groups is 1. The summed E-state index contributed by atoms with van der Waals surface area (Å²) in [7, 11) is 3.21. The highest BCUT2D eigenvalue weighted by molar-refractivity contribution is 7.99. The Kier molecular flexibility index (Phi) is 7.20. The summed E-state index contributed by atoms with van der Waals surface area (Å²) in [6.07, 6.45) is 0.671. The smallest absolute Gasteiger partial charge is 0.343 e. The molecule has 9 heteroatoms. The fourth-order valence-electron chi connectivity index (χ4n) is 2.18. The van der Waals surface area contributed by atoms with Crippen molar-refractivity contribution in [2.24, 2.45) is 0 Å². The Morgan fingerprint density at radius 2 is 2.20 bits per heavy atom. The van der Waals surface area contributed by atoms with E-state index >= 15 is 0 Å². The van der Waals surface area contributed by atoms with Gasteiger partial charge in [0, 0.05) is 39.4 Å². The minimum atomic E-state index is -0.339. The molecule has 1 N–H and O–H groups in total. The number of thioether (sulfide) groups is 1. The zero-order valence-corrected chi connectivity index (χ0v) is 15.0. The van der Waals surface area contributed by atoms with Crippen molar-refractivity contribution in [1.29, 1.82) is 0 Å². The number of amides is 1. The molecule has 0 spiro atoms. The van der Waals surface area contributed by atoms with E-state index in [2.05, 4.69) is 10.2 Å². The molecule has 0 fully saturated rings. The second kappa shape index (κ2) is 9.38. The highest BCUT2D eigenvalue weighted by atomic mass is 32.2. The van der Waals surface area contributed by atoms with E-state index in [1.165, 1.54) is 27.3 Å². The van der Waals surface area contributed by atoms with Gasteiger partial charge in [0.25, 0.3) is 0 Å². The molecule has 7 nitrogen and oxygen atoms in total. The maximum absolute atomic E-state index is 13.7. The number of H-pyrrole nitrogens is 1. The average Bonchev–Trinajstić information content (AvgIpc) is 2.95. The van der Waals surface area contributed by atoms with E-state index in [-0.39, 0.29) is 29.7 Å². The van der Waals surface area contributed by atoms with Gasteiger partial charge >= 0.3 is 5.69 Å². The highest BCUT2D eigenvalue weighted by Gasteiger charge is 2.15. The quantitative estimate of drug-likeness (QED) is 0.536. The number of benzene rings is 1. The van der Waals surface area contributed by atoms with Crippen molar-refractivity contribution in [2.75, 3.05) is 26.5 Å². The minimum absolute atomic E-state index is 0.111. The monoisotopic (exact) mass is 368 g/mol. The molecular weight excluding hydrogens is 347 g/mol. The third-order valence-corrected chi connectivity index (χ3v) is 4.53. The lowest BCUT2D eigenvalue weighted by Crippen LogP contribution is -2.28. The van der Waals surface area contributed by atoms with Crippen LogP contribution in [-0.2, 0) is 22.6 Å². The first kappa shape index (κ1) is 19.2. The topological polar surface area (TPSA) is 80.2 Å². The van der Waals surface area contributed by atoms with Gasteiger partial charge in [-0.3, -0.25) is 9.36 Å². The predicted molar refractivity (Wildman–Crippen MR) is 92.9 cm³/mol. The van der Waals surface area contributed by atoms with Crippen LogP contribution < -0.4 is 5.69 Å². The summed E-state index contributed by atoms with van der Waals surface area (Å²) in [6.45, 7) is 1.18. The number of nitrogens with one attached hydrogen (secondary N) is 1. The number of aromatic amines is 1. The van der Waals surface area contributed by atoms with Crippen LogP contribution in [0.5, 0.6) is 0 Å². The maximum Gasteiger partial charge on any atom is 0.343 e. The van der Waals surface area contributed by atoms with Gasteiger partial charge in [0.05, 0.1) is 5.75 Å². The molecule has 2 aromatic rings. The van der Waals surface area contributed by atoms with Crippen LogP contribution in [0, 0.1) is 5.82 Å². The second-order valence-corrected chi connectivity index (χ2v) is 6.38. The summed E-state index contributed by atoms with van der Waals surface area (Å²) < 4.78 is 20.1. The van der Waals surface area contributed by atoms with Crippen molar-refractivity contribution in [2.45, 2.75) is 24.7 Å². The summed E-state index contributed by atoms with van der Waals surface area (Å²) in [5.74, 6) is -0.402. The number of carbonyl (C=O) groups excluding carboxylic acids is 1. The first-order valence-electron chi connectivity index (χ1n) is 7.77. The van der Waals surface area contributed by atoms with Gasteiger partial charge in [-0.05, 0) is 12.5 Å². The van der Waals surface area contributed by atoms with Crippen LogP contribution in [0.1, 0.15) is 12.0 Å². The third-order valence-electron chi connectivity index (χ3n) is 3.57. The number of nitrogens with zero attached hydrogens (tertiary/aromatic N) is 3. The molecule has 0 aliphatic rings. The van der Waals surface area contributed by atoms with E-state index in [1.807, 2.05) is 0 Å². The molecule has 0 bridgehead atoms. The van der Waals surface area contributed by atoms with Gasteiger partial charge in [-0.2, -0.15) is 0 Å². The van der Waals surface area contributed by atoms with Crippen molar-refractivity contribution in [3.05, 3.63) is 46.1 Å². The van der Waals surface area contributed by atoms with Gasteiger partial charge in [-0.15, -0.1) is 5.10 Å². The molecule has 0 aliphatic heterocycles. The zero-order valence-electron chi connectivity index (χ0n) is 14.2. The molecule has 0 radical (unpaired) electrons. The first-order chi connectivity index (χ1) is 12.0. The van der Waals surface area contributed by atoms with Gasteiger partial charge in [-0.1, -0.05) is 30.0 Å². The van der Waals surface area contributed by atoms with Crippen LogP contribution in [0.15, 0.2) is 34.2 Å². The van der Waals surface area contributed by atoms with Crippen molar-refractivity contribution in [3.63, 3.8) is 0 Å². The Morgan fingerprint density at radius 3 is 2.92 bits per heavy atom. The van der Waals surface area contributed by atoms with Crippen LogP contribution in [0.2, 0.25) is 0 Å². The average molecular weight is 368 g/mol. The molecule has 25 heavy (non-hydrogen) atoms. The van der Waals surface area contributed by atoms with E-state index in [9.17, 15) is 14.0 Å². The first-order valence-corrected chi connectivity index (χ1v) is 8.75. The molecule has 1 aromatic carbocycles. The van der Waals surface area contributed by atoms with Crippen molar-refractivity contribution in [3.8, 4) is 0 Å². The number of hydrogen-bond acceptors (Lipinski definition) is 5. The van der Waals surface area contributed by atoms with Crippen molar-refractivity contribution < 1.29 is 13.9 Å². The Bertz CT molecular complexity index is 762. The molecule has 2 rings (SSSR count). The maximum atomic E-state index is 13.7. The standard InChI is InChI=1S/C16H21FN4O3S/c1-20(10-12-6-3-4-7-13(12)17)14(22)11-25-16-19-18-15(23)21(16)8-5-9-24-2/h3-4,6-7H,5,8-11H2,1-2H3,(H,18,23). The molecule has 0 aliphatic carbocycles. The van der Waals surface area contributed by atoms with Gasteiger partial charge in [-0.25, -0.2) is 14.3 Å². The van der Waals surface area contributed by atoms with E-state index < -0.39 is 0 Å². The lowest BCUT2D eigenvalue weighted by molar-refractivity contribution is -0.127. The van der Waals surface area contributed by atoms with Gasteiger partial charge in [0.2, 0.25) is 5.91 Å². The number of aromatic nitrogens is 3. The summed E-state index contributed by atoms with van der Waals surface area (Å²) >= 11 is 1.17. The Balaban J connectivity index is 1.91. The van der Waals surface area contributed by atoms with Gasteiger partial charge in [0.15, 0.2) is 5.16 Å². The van der Waals surface area contributed by atoms with E-state index in [0.717, 1.165) is 0 Å². The number of methoxy groups -OCH3 is 1. The summed E-state index contributed by atoms with van der Waals surface area (Å²) in [6, 6.07) is 6.35. The SMILES string of the molecule is COCCCn1c(SCC(=O)N(C)Cc2ccccc2F)n[nH]c1=O. The Labute approximate surface area is 149 Å². The Morgan fingerprint density at radius 1 is 1.44 bits per heavy atom. The molecule has 1 heterocycles. The van der Waals surface area contributed by atoms with Crippen LogP contribution in [-0.4, -0.2) is 52.1 Å². The fraction of sp³-hybridized carbons (Fsp3) is 0.438. The zero-order chi connectivity index (χ0) is 18.2. The molecule has 1 amide bonds. The number of hydrogen-bond donors (Lipinski definition) is 1. The molecule has 0 saturated heterocycles. The normalized spacial score (nSPS) is 10.8. The van der Waals surface area contributed by atoms with Crippen LogP contribution >= 0.6 is 11.8 Å². The summed E-state index contributed by atoms with van der Waals surface area (Å²) in [5.41, 5.74) is 0.144. The van der Waals surface area contributed by atoms with Crippen LogP contribution in [0.4, 0.5) is 4.39 Å². The fourth-order valence-corrected chi connectivity index (χ4v) is 3.10. The molecular formula is C16H21FN4O3S. The predicted octanol–water partition coefficient (Wildman–Crippen LogP) is 1.50. The Hall–Kier alpha value is -2.13. The number of halogens is 1. The molecule has 0 saturated carbocycles. The highest BCUT2D eigenvalue weighted by Crippen LogP contribution is 2.15. The number of ether oxygens (including phenoxy) is 1. The second-order valence-electron chi connectivity index (χ2n) is 5.44.